The van der Waals surface area contributed by atoms with Gasteiger partial charge in [-0.2, -0.15) is 0 Å². The lowest BCUT2D eigenvalue weighted by Crippen LogP contribution is -2.62. The molecule has 1 aliphatic carbocycles. The quantitative estimate of drug-likeness (QED) is 0.165. The predicted octanol–water partition coefficient (Wildman–Crippen LogP) is 17.0. The van der Waals surface area contributed by atoms with Crippen LogP contribution in [0.5, 0.6) is 0 Å². The van der Waals surface area contributed by atoms with E-state index in [0.717, 1.165) is 68.5 Å². The van der Waals surface area contributed by atoms with Crippen LogP contribution in [0.15, 0.2) is 203 Å². The zero-order chi connectivity index (χ0) is 50.0. The summed E-state index contributed by atoms with van der Waals surface area (Å²) in [6.45, 7) is 16.3. The van der Waals surface area contributed by atoms with Gasteiger partial charge in [0, 0.05) is 50.4 Å². The van der Waals surface area contributed by atoms with E-state index in [0.29, 0.717) is 0 Å². The Hall–Kier alpha value is -8.02. The van der Waals surface area contributed by atoms with E-state index in [-0.39, 0.29) is 23.1 Å². The van der Waals surface area contributed by atoms with Crippen LogP contribution in [0.3, 0.4) is 0 Å². The van der Waals surface area contributed by atoms with Crippen molar-refractivity contribution in [2.75, 3.05) is 9.71 Å². The summed E-state index contributed by atoms with van der Waals surface area (Å²) in [5.41, 5.74) is 23.4. The zero-order valence-electron chi connectivity index (χ0n) is 43.2. The first kappa shape index (κ1) is 43.6. The molecular formula is C69H57BN2O2. The number of nitrogens with zero attached hydrogens (tertiary/aromatic N) is 2. The topological polar surface area (TPSA) is 32.8 Å². The normalized spacial score (nSPS) is 16.4. The van der Waals surface area contributed by atoms with E-state index in [1.54, 1.807) is 0 Å². The number of rotatable bonds is 4. The molecule has 0 N–H and O–H groups in total. The van der Waals surface area contributed by atoms with Gasteiger partial charge in [0.2, 0.25) is 0 Å². The molecule has 0 saturated heterocycles. The monoisotopic (exact) mass is 956 g/mol. The van der Waals surface area contributed by atoms with Crippen molar-refractivity contribution in [3.63, 3.8) is 0 Å². The van der Waals surface area contributed by atoms with Crippen molar-refractivity contribution >= 4 is 79.3 Å². The molecule has 0 unspecified atom stereocenters. The van der Waals surface area contributed by atoms with Crippen molar-refractivity contribution in [1.82, 2.24) is 0 Å². The Labute approximate surface area is 434 Å². The van der Waals surface area contributed by atoms with E-state index in [1.807, 2.05) is 0 Å². The molecule has 5 heteroatoms. The molecule has 4 nitrogen and oxygen atoms in total. The Morgan fingerprint density at radius 2 is 1.11 bits per heavy atom. The molecule has 5 heterocycles. The first-order valence-corrected chi connectivity index (χ1v) is 26.6. The lowest BCUT2D eigenvalue weighted by Gasteiger charge is -2.52. The Bertz CT molecular complexity index is 4100. The first-order valence-electron chi connectivity index (χ1n) is 26.6. The Balaban J connectivity index is 1.15. The fraction of sp³-hybridized carbons (Fsp3) is 0.188. The minimum atomic E-state index is -0.652. The van der Waals surface area contributed by atoms with Crippen molar-refractivity contribution in [1.29, 1.82) is 0 Å². The molecule has 0 spiro atoms. The van der Waals surface area contributed by atoms with Crippen LogP contribution in [0.4, 0.5) is 28.4 Å². The van der Waals surface area contributed by atoms with Crippen LogP contribution in [0.1, 0.15) is 100 Å². The second kappa shape index (κ2) is 15.0. The van der Waals surface area contributed by atoms with Crippen molar-refractivity contribution < 1.29 is 8.83 Å². The molecule has 74 heavy (non-hydrogen) atoms. The largest absolute Gasteiger partial charge is 0.466 e. The van der Waals surface area contributed by atoms with Crippen LogP contribution in [0.2, 0.25) is 0 Å². The highest BCUT2D eigenvalue weighted by atomic mass is 16.3. The van der Waals surface area contributed by atoms with Gasteiger partial charge in [-0.3, -0.25) is 0 Å². The van der Waals surface area contributed by atoms with Crippen LogP contribution in [-0.4, -0.2) is 6.85 Å². The third kappa shape index (κ3) is 5.76. The highest BCUT2D eigenvalue weighted by Gasteiger charge is 2.56. The third-order valence-electron chi connectivity index (χ3n) is 17.7. The summed E-state index contributed by atoms with van der Waals surface area (Å²) in [6, 6.07) is 72.7. The SMILES string of the molecule is CC(C)(C)c1ccc(N2c3cc4oc5ccccc5c4c4c3B(c3oc5cc6c(cc5c32)C(C)(C)CCC6(C)C)N2c3ccccc3C(c3ccccc3)(c3ccccc3)c3cccc-4c32)c(-c2ccccc2)c1. The molecule has 0 fully saturated rings. The van der Waals surface area contributed by atoms with Crippen LogP contribution >= 0.6 is 0 Å². The van der Waals surface area contributed by atoms with Gasteiger partial charge in [-0.25, -0.2) is 0 Å². The highest BCUT2D eigenvalue weighted by molar-refractivity contribution is 6.93. The summed E-state index contributed by atoms with van der Waals surface area (Å²) >= 11 is 0. The summed E-state index contributed by atoms with van der Waals surface area (Å²) in [6.07, 6.45) is 2.23. The van der Waals surface area contributed by atoms with Gasteiger partial charge in [0.05, 0.1) is 16.8 Å². The van der Waals surface area contributed by atoms with Crippen LogP contribution in [-0.2, 0) is 21.7 Å². The number of hydrogen-bond acceptors (Lipinski definition) is 4. The van der Waals surface area contributed by atoms with Crippen LogP contribution in [0, 0.1) is 0 Å². The number of hydrogen-bond donors (Lipinski definition) is 0. The second-order valence-electron chi connectivity index (χ2n) is 23.8. The van der Waals surface area contributed by atoms with Gasteiger partial charge in [0.1, 0.15) is 22.4 Å². The Morgan fingerprint density at radius 1 is 0.473 bits per heavy atom. The highest BCUT2D eigenvalue weighted by Crippen LogP contribution is 2.62. The fourth-order valence-corrected chi connectivity index (χ4v) is 14.0. The van der Waals surface area contributed by atoms with E-state index in [4.69, 9.17) is 8.83 Å². The smallest absolute Gasteiger partial charge is 0.375 e. The van der Waals surface area contributed by atoms with E-state index in [2.05, 4.69) is 252 Å². The van der Waals surface area contributed by atoms with Gasteiger partial charge in [0.25, 0.3) is 0 Å². The molecule has 0 amide bonds. The van der Waals surface area contributed by atoms with Gasteiger partial charge in [-0.1, -0.05) is 200 Å². The molecule has 9 aromatic carbocycles. The summed E-state index contributed by atoms with van der Waals surface area (Å²) in [4.78, 5) is 5.26. The molecule has 2 aromatic heterocycles. The van der Waals surface area contributed by atoms with Gasteiger partial charge < -0.3 is 18.5 Å². The van der Waals surface area contributed by atoms with E-state index < -0.39 is 5.41 Å². The lowest BCUT2D eigenvalue weighted by molar-refractivity contribution is 0.332. The molecule has 11 aromatic rings. The molecule has 4 aliphatic rings. The average molecular weight is 957 g/mol. The fourth-order valence-electron chi connectivity index (χ4n) is 14.0. The van der Waals surface area contributed by atoms with Crippen LogP contribution < -0.4 is 20.8 Å². The number of fused-ring (bicyclic) bond motifs is 13. The van der Waals surface area contributed by atoms with Crippen molar-refractivity contribution in [2.24, 2.45) is 0 Å². The maximum absolute atomic E-state index is 7.86. The summed E-state index contributed by atoms with van der Waals surface area (Å²) in [5, 5.41) is 3.37. The number of para-hydroxylation sites is 3. The molecule has 0 radical (unpaired) electrons. The van der Waals surface area contributed by atoms with E-state index >= 15 is 0 Å². The van der Waals surface area contributed by atoms with E-state index in [9.17, 15) is 0 Å². The van der Waals surface area contributed by atoms with Gasteiger partial charge in [-0.15, -0.1) is 0 Å². The number of benzene rings is 9. The minimum absolute atomic E-state index is 0.0142. The molecule has 0 atom stereocenters. The Morgan fingerprint density at radius 3 is 1.82 bits per heavy atom. The number of anilines is 5. The molecule has 0 saturated carbocycles. The maximum atomic E-state index is 7.86. The second-order valence-corrected chi connectivity index (χ2v) is 23.8. The molecule has 3 aliphatic heterocycles. The molecular weight excluding hydrogens is 900 g/mol. The minimum Gasteiger partial charge on any atom is -0.466 e. The van der Waals surface area contributed by atoms with Gasteiger partial charge >= 0.3 is 6.85 Å². The zero-order valence-corrected chi connectivity index (χ0v) is 43.2. The average Bonchev–Trinajstić information content (AvgIpc) is 3.99. The lowest BCUT2D eigenvalue weighted by atomic mass is 9.44. The van der Waals surface area contributed by atoms with E-state index in [1.165, 1.54) is 78.0 Å². The molecule has 358 valence electrons. The number of furan rings is 2. The van der Waals surface area contributed by atoms with Gasteiger partial charge in [-0.05, 0) is 121 Å². The summed E-state index contributed by atoms with van der Waals surface area (Å²) < 4.78 is 15.0. The van der Waals surface area contributed by atoms with Gasteiger partial charge in [0.15, 0.2) is 0 Å². The predicted molar refractivity (Wildman–Crippen MR) is 309 cm³/mol. The molecule has 0 bridgehead atoms. The van der Waals surface area contributed by atoms with Crippen molar-refractivity contribution in [3.8, 4) is 22.3 Å². The molecule has 15 rings (SSSR count). The maximum Gasteiger partial charge on any atom is 0.375 e. The van der Waals surface area contributed by atoms with Crippen molar-refractivity contribution in [2.45, 2.75) is 83.0 Å². The third-order valence-corrected chi connectivity index (χ3v) is 17.7. The first-order chi connectivity index (χ1) is 35.8. The summed E-state index contributed by atoms with van der Waals surface area (Å²) in [7, 11) is 0. The standard InChI is InChI=1S/C69H57BN2O2/c1-66(2,3)45-34-35-54(48(38-45)42-22-11-8-12-23-42)71-56-41-59-60(46-28-17-20-33-57(46)73-59)61-47-29-21-31-51-63(47)72(55-32-19-18-30-50(55)69(51,43-24-13-9-14-25-43)44-26-15-10-16-27-44)70(62(56)61)65-64(71)49-39-52-53(40-58(49)74-65)68(6,7)37-36-67(52,4)5/h8-35,38-41H,36-37H2,1-7H3. The van der Waals surface area contributed by atoms with Crippen LogP contribution in [0.25, 0.3) is 55.2 Å². The summed E-state index contributed by atoms with van der Waals surface area (Å²) in [5.74, 6) is 0. The Kier molecular flexibility index (Phi) is 8.85. The van der Waals surface area contributed by atoms with Crippen molar-refractivity contribution in [3.05, 3.63) is 233 Å².